The van der Waals surface area contributed by atoms with Crippen molar-refractivity contribution in [3.8, 4) is 0 Å². The topological polar surface area (TPSA) is 12.0 Å². The molecule has 0 heterocycles. The number of hydrogen-bond donors (Lipinski definition) is 1. The van der Waals surface area contributed by atoms with Crippen LogP contribution >= 0.6 is 0 Å². The van der Waals surface area contributed by atoms with Crippen molar-refractivity contribution in [2.24, 2.45) is 17.8 Å². The lowest BCUT2D eigenvalue weighted by Gasteiger charge is -2.16. The quantitative estimate of drug-likeness (QED) is 0.681. The molecule has 90 valence electrons. The zero-order valence-electron chi connectivity index (χ0n) is 10.9. The Hall–Kier alpha value is -0.0400. The highest BCUT2D eigenvalue weighted by Crippen LogP contribution is 2.28. The second-order valence-electron chi connectivity index (χ2n) is 5.70. The molecule has 1 aliphatic rings. The second-order valence-corrected chi connectivity index (χ2v) is 5.70. The van der Waals surface area contributed by atoms with Gasteiger partial charge in [-0.15, -0.1) is 0 Å². The van der Waals surface area contributed by atoms with Gasteiger partial charge < -0.3 is 5.32 Å². The number of hydrogen-bond acceptors (Lipinski definition) is 1. The smallest absolute Gasteiger partial charge is 0.00204 e. The first-order valence-electron chi connectivity index (χ1n) is 6.93. The normalized spacial score (nSPS) is 28.0. The lowest BCUT2D eigenvalue weighted by molar-refractivity contribution is 0.395. The summed E-state index contributed by atoms with van der Waals surface area (Å²) >= 11 is 0. The van der Waals surface area contributed by atoms with Gasteiger partial charge in [-0.25, -0.2) is 0 Å². The van der Waals surface area contributed by atoms with Crippen LogP contribution in [0.15, 0.2) is 0 Å². The van der Waals surface area contributed by atoms with E-state index in [1.807, 2.05) is 0 Å². The van der Waals surface area contributed by atoms with E-state index < -0.39 is 0 Å². The maximum absolute atomic E-state index is 3.62. The lowest BCUT2D eigenvalue weighted by Crippen LogP contribution is -2.26. The van der Waals surface area contributed by atoms with Crippen LogP contribution in [0.2, 0.25) is 0 Å². The van der Waals surface area contributed by atoms with Gasteiger partial charge in [0.1, 0.15) is 0 Å². The molecule has 0 aromatic rings. The van der Waals surface area contributed by atoms with E-state index in [1.165, 1.54) is 51.6 Å². The first-order valence-corrected chi connectivity index (χ1v) is 6.93. The van der Waals surface area contributed by atoms with Crippen LogP contribution in [0.5, 0.6) is 0 Å². The molecule has 0 spiro atoms. The van der Waals surface area contributed by atoms with Crippen LogP contribution in [0.4, 0.5) is 0 Å². The number of nitrogens with one attached hydrogen (secondary N) is 1. The molecule has 0 aromatic carbocycles. The molecule has 1 nitrogen and oxygen atoms in total. The summed E-state index contributed by atoms with van der Waals surface area (Å²) < 4.78 is 0. The molecular weight excluding hydrogens is 182 g/mol. The van der Waals surface area contributed by atoms with E-state index in [4.69, 9.17) is 0 Å². The summed E-state index contributed by atoms with van der Waals surface area (Å²) in [5, 5.41) is 3.62. The van der Waals surface area contributed by atoms with Crippen LogP contribution in [-0.2, 0) is 0 Å². The predicted molar refractivity (Wildman–Crippen MR) is 68.1 cm³/mol. The first-order chi connectivity index (χ1) is 7.22. The van der Waals surface area contributed by atoms with E-state index >= 15 is 0 Å². The van der Waals surface area contributed by atoms with Gasteiger partial charge in [0.05, 0.1) is 0 Å². The van der Waals surface area contributed by atoms with Crippen molar-refractivity contribution in [3.63, 3.8) is 0 Å². The molecule has 1 aliphatic carbocycles. The van der Waals surface area contributed by atoms with E-state index in [0.29, 0.717) is 0 Å². The minimum absolute atomic E-state index is 0.791. The van der Waals surface area contributed by atoms with Crippen molar-refractivity contribution in [2.75, 3.05) is 13.1 Å². The molecule has 0 radical (unpaired) electrons. The molecule has 1 heteroatoms. The zero-order chi connectivity index (χ0) is 11.1. The Kier molecular flexibility index (Phi) is 6.31. The predicted octanol–water partition coefficient (Wildman–Crippen LogP) is 3.84. The van der Waals surface area contributed by atoms with Gasteiger partial charge in [0.25, 0.3) is 0 Å². The average Bonchev–Trinajstić information content (AvgIpc) is 2.42. The summed E-state index contributed by atoms with van der Waals surface area (Å²) in [7, 11) is 0. The van der Waals surface area contributed by atoms with Crippen LogP contribution in [0, 0.1) is 17.8 Å². The molecule has 0 saturated heterocycles. The fourth-order valence-electron chi connectivity index (χ4n) is 2.64. The molecule has 0 aliphatic heterocycles. The third kappa shape index (κ3) is 5.55. The standard InChI is InChI=1S/C14H29N/c1-4-13-6-5-7-14(9-8-13)11-15-10-12(2)3/h12-15H,4-11H2,1-3H3. The van der Waals surface area contributed by atoms with Crippen molar-refractivity contribution >= 4 is 0 Å². The minimum atomic E-state index is 0.791. The Balaban J connectivity index is 2.14. The Morgan fingerprint density at radius 1 is 1.07 bits per heavy atom. The van der Waals surface area contributed by atoms with Crippen LogP contribution < -0.4 is 5.32 Å². The first kappa shape index (κ1) is 13.0. The molecule has 1 rings (SSSR count). The van der Waals surface area contributed by atoms with Gasteiger partial charge in [0.2, 0.25) is 0 Å². The van der Waals surface area contributed by atoms with Crippen molar-refractivity contribution in [2.45, 2.75) is 59.3 Å². The highest BCUT2D eigenvalue weighted by molar-refractivity contribution is 4.71. The molecule has 1 fully saturated rings. The summed E-state index contributed by atoms with van der Waals surface area (Å²) in [6, 6.07) is 0. The largest absolute Gasteiger partial charge is 0.316 e. The molecule has 2 atom stereocenters. The third-order valence-electron chi connectivity index (χ3n) is 3.77. The summed E-state index contributed by atoms with van der Waals surface area (Å²) in [6.45, 7) is 9.37. The summed E-state index contributed by atoms with van der Waals surface area (Å²) in [5.41, 5.74) is 0. The van der Waals surface area contributed by atoms with Crippen LogP contribution in [-0.4, -0.2) is 13.1 Å². The second kappa shape index (κ2) is 7.27. The highest BCUT2D eigenvalue weighted by atomic mass is 14.9. The Labute approximate surface area is 96.0 Å². The minimum Gasteiger partial charge on any atom is -0.316 e. The molecule has 1 saturated carbocycles. The molecular formula is C14H29N. The van der Waals surface area contributed by atoms with Gasteiger partial charge in [0.15, 0.2) is 0 Å². The van der Waals surface area contributed by atoms with Crippen molar-refractivity contribution in [3.05, 3.63) is 0 Å². The summed E-state index contributed by atoms with van der Waals surface area (Å²) in [5.74, 6) is 2.78. The van der Waals surface area contributed by atoms with Crippen molar-refractivity contribution in [1.29, 1.82) is 0 Å². The van der Waals surface area contributed by atoms with E-state index in [2.05, 4.69) is 26.1 Å². The molecule has 0 amide bonds. The zero-order valence-corrected chi connectivity index (χ0v) is 10.9. The summed E-state index contributed by atoms with van der Waals surface area (Å²) in [6.07, 6.45) is 8.74. The third-order valence-corrected chi connectivity index (χ3v) is 3.77. The lowest BCUT2D eigenvalue weighted by atomic mass is 9.96. The van der Waals surface area contributed by atoms with Crippen LogP contribution in [0.25, 0.3) is 0 Å². The van der Waals surface area contributed by atoms with E-state index in [-0.39, 0.29) is 0 Å². The Bertz CT molecular complexity index is 153. The Morgan fingerprint density at radius 2 is 1.73 bits per heavy atom. The molecule has 0 aromatic heterocycles. The molecule has 15 heavy (non-hydrogen) atoms. The summed E-state index contributed by atoms with van der Waals surface area (Å²) in [4.78, 5) is 0. The van der Waals surface area contributed by atoms with E-state index in [1.54, 1.807) is 0 Å². The van der Waals surface area contributed by atoms with Gasteiger partial charge in [-0.2, -0.15) is 0 Å². The van der Waals surface area contributed by atoms with E-state index in [9.17, 15) is 0 Å². The van der Waals surface area contributed by atoms with Gasteiger partial charge in [-0.1, -0.05) is 46.5 Å². The van der Waals surface area contributed by atoms with E-state index in [0.717, 1.165) is 17.8 Å². The monoisotopic (exact) mass is 211 g/mol. The van der Waals surface area contributed by atoms with Gasteiger partial charge in [0, 0.05) is 0 Å². The van der Waals surface area contributed by atoms with Gasteiger partial charge in [-0.05, 0) is 43.7 Å². The van der Waals surface area contributed by atoms with Crippen LogP contribution in [0.1, 0.15) is 59.3 Å². The van der Waals surface area contributed by atoms with Crippen molar-refractivity contribution < 1.29 is 0 Å². The molecule has 2 unspecified atom stereocenters. The Morgan fingerprint density at radius 3 is 2.40 bits per heavy atom. The molecule has 0 bridgehead atoms. The maximum atomic E-state index is 3.62. The molecule has 1 N–H and O–H groups in total. The SMILES string of the molecule is CCC1CCCC(CNCC(C)C)CC1. The van der Waals surface area contributed by atoms with Crippen LogP contribution in [0.3, 0.4) is 0 Å². The van der Waals surface area contributed by atoms with Crippen molar-refractivity contribution in [1.82, 2.24) is 5.32 Å². The number of rotatable bonds is 5. The van der Waals surface area contributed by atoms with Gasteiger partial charge in [-0.3, -0.25) is 0 Å². The maximum Gasteiger partial charge on any atom is -0.00204 e. The average molecular weight is 211 g/mol. The fourth-order valence-corrected chi connectivity index (χ4v) is 2.64. The highest BCUT2D eigenvalue weighted by Gasteiger charge is 2.17. The fraction of sp³-hybridized carbons (Fsp3) is 1.00. The van der Waals surface area contributed by atoms with Gasteiger partial charge >= 0.3 is 0 Å².